The Morgan fingerprint density at radius 3 is 2.57 bits per heavy atom. The molecule has 7 heteroatoms. The molecule has 1 heterocycles. The number of hydrogen-bond acceptors (Lipinski definition) is 4. The zero-order chi connectivity index (χ0) is 15.4. The average Bonchev–Trinajstić information content (AvgIpc) is 2.45. The molecule has 0 radical (unpaired) electrons. The smallest absolute Gasteiger partial charge is 0.269 e. The van der Waals surface area contributed by atoms with Gasteiger partial charge in [-0.1, -0.05) is 12.1 Å². The van der Waals surface area contributed by atoms with Gasteiger partial charge in [-0.05, 0) is 12.5 Å². The summed E-state index contributed by atoms with van der Waals surface area (Å²) < 4.78 is 0. The number of nitro benzene ring substituents is 1. The van der Waals surface area contributed by atoms with Crippen molar-refractivity contribution in [1.82, 2.24) is 10.3 Å². The monoisotopic (exact) mass is 287 g/mol. The molecule has 7 nitrogen and oxygen atoms in total. The number of carbonyl (C=O) groups is 1. The molecule has 21 heavy (non-hydrogen) atoms. The van der Waals surface area contributed by atoms with Crippen LogP contribution in [0.3, 0.4) is 0 Å². The standard InChI is InChI=1S/C14H13N3O4/c1-9-6-13(18)12(8-15-9)14(19)16-7-10-2-4-11(5-3-10)17(20)21/h2-6,8H,7H2,1H3,(H,15,18)(H,16,19). The molecule has 0 aliphatic rings. The number of H-pyrrole nitrogens is 1. The summed E-state index contributed by atoms with van der Waals surface area (Å²) in [6.45, 7) is 1.91. The molecule has 0 aliphatic heterocycles. The zero-order valence-electron chi connectivity index (χ0n) is 11.3. The van der Waals surface area contributed by atoms with Gasteiger partial charge in [0.15, 0.2) is 5.43 Å². The Balaban J connectivity index is 2.04. The van der Waals surface area contributed by atoms with Crippen molar-refractivity contribution in [2.75, 3.05) is 0 Å². The van der Waals surface area contributed by atoms with E-state index in [-0.39, 0.29) is 23.2 Å². The van der Waals surface area contributed by atoms with Crippen LogP contribution in [-0.4, -0.2) is 15.8 Å². The van der Waals surface area contributed by atoms with Crippen LogP contribution in [0.2, 0.25) is 0 Å². The van der Waals surface area contributed by atoms with E-state index in [0.29, 0.717) is 11.3 Å². The van der Waals surface area contributed by atoms with E-state index in [1.807, 2.05) is 0 Å². The second-order valence-corrected chi connectivity index (χ2v) is 4.50. The predicted octanol–water partition coefficient (Wildman–Crippen LogP) is 1.52. The molecule has 0 unspecified atom stereocenters. The fraction of sp³-hybridized carbons (Fsp3) is 0.143. The van der Waals surface area contributed by atoms with Crippen LogP contribution in [-0.2, 0) is 6.54 Å². The molecule has 0 aliphatic carbocycles. The van der Waals surface area contributed by atoms with E-state index < -0.39 is 10.8 Å². The van der Waals surface area contributed by atoms with Gasteiger partial charge < -0.3 is 10.3 Å². The molecule has 1 aromatic carbocycles. The lowest BCUT2D eigenvalue weighted by atomic mass is 10.2. The summed E-state index contributed by atoms with van der Waals surface area (Å²) in [4.78, 5) is 36.4. The summed E-state index contributed by atoms with van der Waals surface area (Å²) in [6, 6.07) is 7.18. The largest absolute Gasteiger partial charge is 0.364 e. The van der Waals surface area contributed by atoms with Crippen LogP contribution in [0, 0.1) is 17.0 Å². The first-order chi connectivity index (χ1) is 9.97. The van der Waals surface area contributed by atoms with Gasteiger partial charge in [-0.3, -0.25) is 19.7 Å². The van der Waals surface area contributed by atoms with E-state index >= 15 is 0 Å². The second-order valence-electron chi connectivity index (χ2n) is 4.50. The summed E-state index contributed by atoms with van der Waals surface area (Å²) in [5.74, 6) is -0.491. The Bertz CT molecular complexity index is 735. The van der Waals surface area contributed by atoms with E-state index in [1.54, 1.807) is 19.1 Å². The number of rotatable bonds is 4. The molecule has 0 fully saturated rings. The molecule has 2 aromatic rings. The first-order valence-corrected chi connectivity index (χ1v) is 6.18. The molecule has 0 spiro atoms. The van der Waals surface area contributed by atoms with Gasteiger partial charge in [0.2, 0.25) is 0 Å². The summed E-state index contributed by atoms with van der Waals surface area (Å²) >= 11 is 0. The van der Waals surface area contributed by atoms with Crippen molar-refractivity contribution in [3.63, 3.8) is 0 Å². The van der Waals surface area contributed by atoms with Gasteiger partial charge in [0.1, 0.15) is 5.56 Å². The minimum atomic E-state index is -0.492. The summed E-state index contributed by atoms with van der Waals surface area (Å²) in [5.41, 5.74) is 1.04. The summed E-state index contributed by atoms with van der Waals surface area (Å²) in [7, 11) is 0. The molecule has 2 N–H and O–H groups in total. The van der Waals surface area contributed by atoms with Crippen LogP contribution in [0.15, 0.2) is 41.3 Å². The van der Waals surface area contributed by atoms with Crippen molar-refractivity contribution >= 4 is 11.6 Å². The molecule has 0 saturated heterocycles. The maximum absolute atomic E-state index is 11.9. The van der Waals surface area contributed by atoms with Crippen molar-refractivity contribution in [3.05, 3.63) is 73.7 Å². The number of carbonyl (C=O) groups excluding carboxylic acids is 1. The van der Waals surface area contributed by atoms with Crippen molar-refractivity contribution in [2.24, 2.45) is 0 Å². The fourth-order valence-electron chi connectivity index (χ4n) is 1.76. The maximum atomic E-state index is 11.9. The molecule has 1 aromatic heterocycles. The van der Waals surface area contributed by atoms with Crippen molar-refractivity contribution in [1.29, 1.82) is 0 Å². The van der Waals surface area contributed by atoms with Crippen LogP contribution < -0.4 is 10.7 Å². The number of pyridine rings is 1. The SMILES string of the molecule is Cc1cc(=O)c(C(=O)NCc2ccc([N+](=O)[O-])cc2)c[nH]1. The number of nitro groups is 1. The number of nitrogens with zero attached hydrogens (tertiary/aromatic N) is 1. The Morgan fingerprint density at radius 2 is 2.00 bits per heavy atom. The lowest BCUT2D eigenvalue weighted by Crippen LogP contribution is -2.28. The molecule has 0 bridgehead atoms. The Kier molecular flexibility index (Phi) is 4.13. The van der Waals surface area contributed by atoms with E-state index in [1.165, 1.54) is 24.4 Å². The molecule has 0 saturated carbocycles. The van der Waals surface area contributed by atoms with E-state index in [9.17, 15) is 19.7 Å². The number of aryl methyl sites for hydroxylation is 1. The molecule has 0 atom stereocenters. The number of aromatic nitrogens is 1. The fourth-order valence-corrected chi connectivity index (χ4v) is 1.76. The zero-order valence-corrected chi connectivity index (χ0v) is 11.3. The highest BCUT2D eigenvalue weighted by Gasteiger charge is 2.10. The molecular weight excluding hydrogens is 274 g/mol. The number of amides is 1. The first-order valence-electron chi connectivity index (χ1n) is 6.18. The molecular formula is C14H13N3O4. The van der Waals surface area contributed by atoms with Gasteiger partial charge in [0.25, 0.3) is 11.6 Å². The highest BCUT2D eigenvalue weighted by atomic mass is 16.6. The van der Waals surface area contributed by atoms with Gasteiger partial charge in [0, 0.05) is 36.6 Å². The highest BCUT2D eigenvalue weighted by Crippen LogP contribution is 2.11. The van der Waals surface area contributed by atoms with Crippen LogP contribution >= 0.6 is 0 Å². The van der Waals surface area contributed by atoms with E-state index in [0.717, 1.165) is 0 Å². The van der Waals surface area contributed by atoms with E-state index in [4.69, 9.17) is 0 Å². The minimum absolute atomic E-state index is 0.0138. The van der Waals surface area contributed by atoms with Crippen LogP contribution in [0.5, 0.6) is 0 Å². The number of aromatic amines is 1. The van der Waals surface area contributed by atoms with Crippen molar-refractivity contribution in [2.45, 2.75) is 13.5 Å². The van der Waals surface area contributed by atoms with Gasteiger partial charge in [0.05, 0.1) is 4.92 Å². The van der Waals surface area contributed by atoms with Gasteiger partial charge in [-0.25, -0.2) is 0 Å². The highest BCUT2D eigenvalue weighted by molar-refractivity contribution is 5.93. The predicted molar refractivity (Wildman–Crippen MR) is 76.1 cm³/mol. The summed E-state index contributed by atoms with van der Waals surface area (Å²) in [6.07, 6.45) is 1.36. The van der Waals surface area contributed by atoms with Crippen LogP contribution in [0.4, 0.5) is 5.69 Å². The molecule has 1 amide bonds. The topological polar surface area (TPSA) is 105 Å². The number of hydrogen-bond donors (Lipinski definition) is 2. The minimum Gasteiger partial charge on any atom is -0.364 e. The van der Waals surface area contributed by atoms with Gasteiger partial charge >= 0.3 is 0 Å². The van der Waals surface area contributed by atoms with Crippen LogP contribution in [0.25, 0.3) is 0 Å². The number of benzene rings is 1. The van der Waals surface area contributed by atoms with Crippen molar-refractivity contribution in [3.8, 4) is 0 Å². The normalized spacial score (nSPS) is 10.1. The third kappa shape index (κ3) is 3.53. The lowest BCUT2D eigenvalue weighted by Gasteiger charge is -2.05. The third-order valence-corrected chi connectivity index (χ3v) is 2.90. The number of nitrogens with one attached hydrogen (secondary N) is 2. The Labute approximate surface area is 119 Å². The second kappa shape index (κ2) is 6.00. The maximum Gasteiger partial charge on any atom is 0.269 e. The van der Waals surface area contributed by atoms with Gasteiger partial charge in [-0.15, -0.1) is 0 Å². The quantitative estimate of drug-likeness (QED) is 0.657. The average molecular weight is 287 g/mol. The number of non-ortho nitro benzene ring substituents is 1. The Morgan fingerprint density at radius 1 is 1.33 bits per heavy atom. The molecule has 108 valence electrons. The lowest BCUT2D eigenvalue weighted by molar-refractivity contribution is -0.384. The first kappa shape index (κ1) is 14.4. The van der Waals surface area contributed by atoms with Gasteiger partial charge in [-0.2, -0.15) is 0 Å². The van der Waals surface area contributed by atoms with Crippen molar-refractivity contribution < 1.29 is 9.72 Å². The van der Waals surface area contributed by atoms with Crippen LogP contribution in [0.1, 0.15) is 21.6 Å². The molecule has 2 rings (SSSR count). The van der Waals surface area contributed by atoms with E-state index in [2.05, 4.69) is 10.3 Å². The third-order valence-electron chi connectivity index (χ3n) is 2.90. The Hall–Kier alpha value is -2.96. The summed E-state index contributed by atoms with van der Waals surface area (Å²) in [5, 5.41) is 13.1.